The van der Waals surface area contributed by atoms with Crippen molar-refractivity contribution in [2.45, 2.75) is 13.5 Å². The standard InChI is InChI=1S/C12H9Cl2N5OS/c1-6-16-17-12-19(6)18-10(21-12)5-15-11(20)8-3-2-7(13)4-9(8)14/h2-4H,5H2,1H3,(H,15,20). The number of hydrogen-bond donors (Lipinski definition) is 1. The third kappa shape index (κ3) is 2.85. The lowest BCUT2D eigenvalue weighted by Gasteiger charge is -2.05. The Hall–Kier alpha value is -1.70. The summed E-state index contributed by atoms with van der Waals surface area (Å²) >= 11 is 13.2. The van der Waals surface area contributed by atoms with Gasteiger partial charge in [-0.3, -0.25) is 4.79 Å². The van der Waals surface area contributed by atoms with Crippen LogP contribution >= 0.6 is 34.5 Å². The molecule has 0 aliphatic heterocycles. The molecule has 9 heteroatoms. The summed E-state index contributed by atoms with van der Waals surface area (Å²) in [5.74, 6) is 0.430. The van der Waals surface area contributed by atoms with Gasteiger partial charge >= 0.3 is 0 Å². The first kappa shape index (κ1) is 14.2. The molecule has 0 unspecified atom stereocenters. The third-order valence-electron chi connectivity index (χ3n) is 2.76. The van der Waals surface area contributed by atoms with E-state index in [9.17, 15) is 4.79 Å². The van der Waals surface area contributed by atoms with Crippen LogP contribution in [-0.4, -0.2) is 25.7 Å². The van der Waals surface area contributed by atoms with Gasteiger partial charge in [0.15, 0.2) is 5.82 Å². The number of aromatic nitrogens is 4. The molecule has 2 aromatic heterocycles. The molecule has 3 rings (SSSR count). The fraction of sp³-hybridized carbons (Fsp3) is 0.167. The molecular weight excluding hydrogens is 333 g/mol. The van der Waals surface area contributed by atoms with E-state index in [0.29, 0.717) is 32.9 Å². The van der Waals surface area contributed by atoms with Crippen LogP contribution in [0.25, 0.3) is 4.96 Å². The largest absolute Gasteiger partial charge is 0.345 e. The average Bonchev–Trinajstić information content (AvgIpc) is 2.98. The molecule has 0 spiro atoms. The Morgan fingerprint density at radius 3 is 2.90 bits per heavy atom. The fourth-order valence-electron chi connectivity index (χ4n) is 1.75. The van der Waals surface area contributed by atoms with Gasteiger partial charge in [0, 0.05) is 5.02 Å². The summed E-state index contributed by atoms with van der Waals surface area (Å²) in [5, 5.41) is 16.5. The van der Waals surface area contributed by atoms with Crippen molar-refractivity contribution in [3.05, 3.63) is 44.6 Å². The number of nitrogens with zero attached hydrogens (tertiary/aromatic N) is 4. The summed E-state index contributed by atoms with van der Waals surface area (Å²) in [6.45, 7) is 2.11. The molecule has 21 heavy (non-hydrogen) atoms. The van der Waals surface area contributed by atoms with E-state index < -0.39 is 0 Å². The zero-order chi connectivity index (χ0) is 15.0. The molecule has 3 aromatic rings. The first-order chi connectivity index (χ1) is 10.0. The van der Waals surface area contributed by atoms with Crippen LogP contribution in [0.2, 0.25) is 10.0 Å². The number of rotatable bonds is 3. The SMILES string of the molecule is Cc1nnc2sc(CNC(=O)c3ccc(Cl)cc3Cl)nn12. The van der Waals surface area contributed by atoms with Gasteiger partial charge in [-0.25, -0.2) is 0 Å². The van der Waals surface area contributed by atoms with Crippen LogP contribution in [0.15, 0.2) is 18.2 Å². The van der Waals surface area contributed by atoms with Crippen molar-refractivity contribution in [1.82, 2.24) is 25.1 Å². The Morgan fingerprint density at radius 2 is 2.19 bits per heavy atom. The normalized spacial score (nSPS) is 11.0. The summed E-state index contributed by atoms with van der Waals surface area (Å²) in [7, 11) is 0. The van der Waals surface area contributed by atoms with Crippen molar-refractivity contribution < 1.29 is 4.79 Å². The zero-order valence-corrected chi connectivity index (χ0v) is 13.1. The topological polar surface area (TPSA) is 72.2 Å². The number of benzene rings is 1. The molecular formula is C12H9Cl2N5OS. The Kier molecular flexibility index (Phi) is 3.79. The van der Waals surface area contributed by atoms with E-state index in [-0.39, 0.29) is 5.91 Å². The maximum absolute atomic E-state index is 12.1. The van der Waals surface area contributed by atoms with Crippen molar-refractivity contribution in [3.63, 3.8) is 0 Å². The highest BCUT2D eigenvalue weighted by Gasteiger charge is 2.13. The quantitative estimate of drug-likeness (QED) is 0.794. The lowest BCUT2D eigenvalue weighted by Crippen LogP contribution is -2.23. The molecule has 2 heterocycles. The summed E-state index contributed by atoms with van der Waals surface area (Å²) in [6, 6.07) is 4.74. The molecule has 0 bridgehead atoms. The van der Waals surface area contributed by atoms with Gasteiger partial charge < -0.3 is 5.32 Å². The van der Waals surface area contributed by atoms with Crippen LogP contribution < -0.4 is 5.32 Å². The second-order valence-corrected chi connectivity index (χ2v) is 6.13. The second kappa shape index (κ2) is 5.59. The summed E-state index contributed by atoms with van der Waals surface area (Å²) in [4.78, 5) is 12.8. The van der Waals surface area contributed by atoms with Gasteiger partial charge in [0.05, 0.1) is 17.1 Å². The minimum atomic E-state index is -0.278. The summed E-state index contributed by atoms with van der Waals surface area (Å²) < 4.78 is 1.64. The van der Waals surface area contributed by atoms with Gasteiger partial charge in [-0.15, -0.1) is 10.2 Å². The minimum absolute atomic E-state index is 0.278. The number of hydrogen-bond acceptors (Lipinski definition) is 5. The monoisotopic (exact) mass is 341 g/mol. The Labute approximate surface area is 133 Å². The molecule has 108 valence electrons. The highest BCUT2D eigenvalue weighted by atomic mass is 35.5. The molecule has 0 aliphatic rings. The number of amides is 1. The Morgan fingerprint density at radius 1 is 1.38 bits per heavy atom. The van der Waals surface area contributed by atoms with Crippen molar-refractivity contribution >= 4 is 45.4 Å². The number of halogens is 2. The number of fused-ring (bicyclic) bond motifs is 1. The first-order valence-electron chi connectivity index (χ1n) is 5.95. The number of carbonyl (C=O) groups excluding carboxylic acids is 1. The number of nitrogens with one attached hydrogen (secondary N) is 1. The summed E-state index contributed by atoms with van der Waals surface area (Å²) in [6.07, 6.45) is 0. The molecule has 0 saturated carbocycles. The van der Waals surface area contributed by atoms with Gasteiger partial charge in [-0.2, -0.15) is 9.61 Å². The highest BCUT2D eigenvalue weighted by molar-refractivity contribution is 7.16. The molecule has 0 radical (unpaired) electrons. The van der Waals surface area contributed by atoms with Crippen LogP contribution in [0.5, 0.6) is 0 Å². The van der Waals surface area contributed by atoms with E-state index in [1.54, 1.807) is 16.6 Å². The zero-order valence-electron chi connectivity index (χ0n) is 10.8. The fourth-order valence-corrected chi connectivity index (χ4v) is 3.06. The lowest BCUT2D eigenvalue weighted by molar-refractivity contribution is 0.0951. The van der Waals surface area contributed by atoms with Crippen molar-refractivity contribution in [2.75, 3.05) is 0 Å². The smallest absolute Gasteiger partial charge is 0.253 e. The molecule has 1 amide bonds. The van der Waals surface area contributed by atoms with Crippen LogP contribution in [-0.2, 0) is 6.54 Å². The first-order valence-corrected chi connectivity index (χ1v) is 7.53. The molecule has 1 N–H and O–H groups in total. The molecule has 6 nitrogen and oxygen atoms in total. The van der Waals surface area contributed by atoms with Crippen LogP contribution in [0.4, 0.5) is 0 Å². The maximum Gasteiger partial charge on any atom is 0.253 e. The molecule has 0 fully saturated rings. The van der Waals surface area contributed by atoms with E-state index in [4.69, 9.17) is 23.2 Å². The Bertz CT molecular complexity index is 828. The number of aryl methyl sites for hydroxylation is 1. The number of carbonyl (C=O) groups is 1. The predicted octanol–water partition coefficient (Wildman–Crippen LogP) is 2.73. The van der Waals surface area contributed by atoms with E-state index in [1.165, 1.54) is 17.4 Å². The lowest BCUT2D eigenvalue weighted by atomic mass is 10.2. The van der Waals surface area contributed by atoms with Gasteiger partial charge in [0.1, 0.15) is 5.01 Å². The minimum Gasteiger partial charge on any atom is -0.345 e. The van der Waals surface area contributed by atoms with Gasteiger partial charge in [-0.1, -0.05) is 34.5 Å². The van der Waals surface area contributed by atoms with Gasteiger partial charge in [0.25, 0.3) is 5.91 Å². The Balaban J connectivity index is 1.73. The van der Waals surface area contributed by atoms with E-state index in [2.05, 4.69) is 20.6 Å². The van der Waals surface area contributed by atoms with E-state index in [1.807, 2.05) is 6.92 Å². The molecule has 0 saturated heterocycles. The van der Waals surface area contributed by atoms with Gasteiger partial charge in [-0.05, 0) is 25.1 Å². The predicted molar refractivity (Wildman–Crippen MR) is 81.0 cm³/mol. The van der Waals surface area contributed by atoms with Crippen molar-refractivity contribution in [2.24, 2.45) is 0 Å². The van der Waals surface area contributed by atoms with Crippen LogP contribution in [0.1, 0.15) is 21.2 Å². The molecule has 0 atom stereocenters. The second-order valence-electron chi connectivity index (χ2n) is 4.24. The van der Waals surface area contributed by atoms with Crippen molar-refractivity contribution in [1.29, 1.82) is 0 Å². The summed E-state index contributed by atoms with van der Waals surface area (Å²) in [5.41, 5.74) is 0.375. The van der Waals surface area contributed by atoms with E-state index in [0.717, 1.165) is 5.01 Å². The third-order valence-corrected chi connectivity index (χ3v) is 4.21. The van der Waals surface area contributed by atoms with Gasteiger partial charge in [0.2, 0.25) is 4.96 Å². The highest BCUT2D eigenvalue weighted by Crippen LogP contribution is 2.21. The molecule has 0 aliphatic carbocycles. The van der Waals surface area contributed by atoms with Crippen LogP contribution in [0, 0.1) is 6.92 Å². The van der Waals surface area contributed by atoms with E-state index >= 15 is 0 Å². The van der Waals surface area contributed by atoms with Crippen LogP contribution in [0.3, 0.4) is 0 Å². The maximum atomic E-state index is 12.1. The average molecular weight is 342 g/mol. The molecule has 1 aromatic carbocycles. The van der Waals surface area contributed by atoms with Crippen molar-refractivity contribution in [3.8, 4) is 0 Å².